The number of hydrogen-bond donors (Lipinski definition) is 0. The van der Waals surface area contributed by atoms with Crippen molar-refractivity contribution in [1.29, 1.82) is 0 Å². The quantitative estimate of drug-likeness (QED) is 0.676. The SMILES string of the molecule is CCOc1c(C2(C)OCC(CC)O2)cc(Cl)c(C)c1I. The monoisotopic (exact) mass is 410 g/mol. The first-order valence-corrected chi connectivity index (χ1v) is 8.32. The highest BCUT2D eigenvalue weighted by atomic mass is 127. The van der Waals surface area contributed by atoms with Crippen molar-refractivity contribution >= 4 is 34.2 Å². The minimum Gasteiger partial charge on any atom is -0.492 e. The van der Waals surface area contributed by atoms with E-state index in [2.05, 4.69) is 29.5 Å². The lowest BCUT2D eigenvalue weighted by molar-refractivity contribution is -0.163. The molecule has 1 aromatic rings. The van der Waals surface area contributed by atoms with Gasteiger partial charge in [0.1, 0.15) is 5.75 Å². The number of hydrogen-bond acceptors (Lipinski definition) is 3. The summed E-state index contributed by atoms with van der Waals surface area (Å²) < 4.78 is 18.8. The van der Waals surface area contributed by atoms with E-state index in [0.717, 1.165) is 26.9 Å². The Hall–Kier alpha value is -0.0400. The first-order chi connectivity index (χ1) is 9.42. The molecule has 1 saturated heterocycles. The van der Waals surface area contributed by atoms with Gasteiger partial charge in [0.25, 0.3) is 0 Å². The molecule has 1 aliphatic heterocycles. The summed E-state index contributed by atoms with van der Waals surface area (Å²) in [6.07, 6.45) is 1.04. The summed E-state index contributed by atoms with van der Waals surface area (Å²) in [4.78, 5) is 0. The molecule has 2 atom stereocenters. The highest BCUT2D eigenvalue weighted by Gasteiger charge is 2.41. The van der Waals surface area contributed by atoms with Crippen LogP contribution in [0.15, 0.2) is 6.07 Å². The molecule has 1 aromatic carbocycles. The third-order valence-electron chi connectivity index (χ3n) is 3.57. The molecule has 2 unspecified atom stereocenters. The Morgan fingerprint density at radius 3 is 2.75 bits per heavy atom. The van der Waals surface area contributed by atoms with Gasteiger partial charge in [0.15, 0.2) is 5.79 Å². The fourth-order valence-corrected chi connectivity index (χ4v) is 3.40. The van der Waals surface area contributed by atoms with Crippen LogP contribution >= 0.6 is 34.2 Å². The molecule has 5 heteroatoms. The Bertz CT molecular complexity index is 506. The van der Waals surface area contributed by atoms with Crippen LogP contribution in [0.3, 0.4) is 0 Å². The molecule has 112 valence electrons. The maximum atomic E-state index is 6.33. The van der Waals surface area contributed by atoms with E-state index in [1.165, 1.54) is 0 Å². The van der Waals surface area contributed by atoms with E-state index < -0.39 is 5.79 Å². The van der Waals surface area contributed by atoms with Gasteiger partial charge in [0.2, 0.25) is 0 Å². The normalized spacial score (nSPS) is 26.0. The molecule has 0 aromatic heterocycles. The topological polar surface area (TPSA) is 27.7 Å². The van der Waals surface area contributed by atoms with Crippen LogP contribution < -0.4 is 4.74 Å². The Morgan fingerprint density at radius 1 is 1.50 bits per heavy atom. The highest BCUT2D eigenvalue weighted by Crippen LogP contribution is 2.44. The van der Waals surface area contributed by atoms with Crippen molar-refractivity contribution in [3.8, 4) is 5.75 Å². The van der Waals surface area contributed by atoms with Crippen molar-refractivity contribution in [2.75, 3.05) is 13.2 Å². The minimum absolute atomic E-state index is 0.118. The Kier molecular flexibility index (Phi) is 5.21. The van der Waals surface area contributed by atoms with Gasteiger partial charge in [-0.25, -0.2) is 0 Å². The van der Waals surface area contributed by atoms with Crippen LogP contribution in [0.2, 0.25) is 5.02 Å². The number of ether oxygens (including phenoxy) is 3. The lowest BCUT2D eigenvalue weighted by atomic mass is 10.0. The highest BCUT2D eigenvalue weighted by molar-refractivity contribution is 14.1. The second-order valence-corrected chi connectivity index (χ2v) is 6.50. The molecule has 2 rings (SSSR count). The summed E-state index contributed by atoms with van der Waals surface area (Å²) in [7, 11) is 0. The fraction of sp³-hybridized carbons (Fsp3) is 0.600. The molecule has 0 aliphatic carbocycles. The average molecular weight is 411 g/mol. The Morgan fingerprint density at radius 2 is 2.20 bits per heavy atom. The third-order valence-corrected chi connectivity index (χ3v) is 5.26. The van der Waals surface area contributed by atoms with Crippen LogP contribution in [0.25, 0.3) is 0 Å². The Balaban J connectivity index is 2.50. The molecular weight excluding hydrogens is 391 g/mol. The van der Waals surface area contributed by atoms with E-state index in [0.29, 0.717) is 18.2 Å². The van der Waals surface area contributed by atoms with Crippen molar-refractivity contribution in [3.63, 3.8) is 0 Å². The van der Waals surface area contributed by atoms with E-state index in [1.54, 1.807) is 0 Å². The van der Waals surface area contributed by atoms with Crippen LogP contribution in [0.1, 0.15) is 38.3 Å². The molecule has 1 fully saturated rings. The molecule has 0 radical (unpaired) electrons. The molecule has 0 saturated carbocycles. The maximum absolute atomic E-state index is 6.33. The smallest absolute Gasteiger partial charge is 0.196 e. The van der Waals surface area contributed by atoms with Gasteiger partial charge in [-0.3, -0.25) is 0 Å². The van der Waals surface area contributed by atoms with Crippen LogP contribution in [0.5, 0.6) is 5.75 Å². The van der Waals surface area contributed by atoms with E-state index in [4.69, 9.17) is 25.8 Å². The Labute approximate surface area is 139 Å². The van der Waals surface area contributed by atoms with E-state index in [-0.39, 0.29) is 6.10 Å². The maximum Gasteiger partial charge on any atom is 0.196 e. The molecule has 20 heavy (non-hydrogen) atoms. The summed E-state index contributed by atoms with van der Waals surface area (Å²) in [6, 6.07) is 1.90. The first-order valence-electron chi connectivity index (χ1n) is 6.86. The van der Waals surface area contributed by atoms with Gasteiger partial charge in [-0.2, -0.15) is 0 Å². The van der Waals surface area contributed by atoms with E-state index in [1.807, 2.05) is 26.8 Å². The summed E-state index contributed by atoms with van der Waals surface area (Å²) in [5, 5.41) is 0.709. The van der Waals surface area contributed by atoms with Gasteiger partial charge in [0, 0.05) is 5.02 Å². The fourth-order valence-electron chi connectivity index (χ4n) is 2.30. The van der Waals surface area contributed by atoms with Gasteiger partial charge in [0.05, 0.1) is 28.5 Å². The summed E-state index contributed by atoms with van der Waals surface area (Å²) in [6.45, 7) is 9.18. The van der Waals surface area contributed by atoms with Crippen molar-refractivity contribution in [2.24, 2.45) is 0 Å². The zero-order chi connectivity index (χ0) is 14.9. The summed E-state index contributed by atoms with van der Waals surface area (Å²) >= 11 is 8.60. The number of halogens is 2. The standard InChI is InChI=1S/C15H20ClIO3/c1-5-10-8-19-15(4,20-10)11-7-12(16)9(3)13(17)14(11)18-6-2/h7,10H,5-6,8H2,1-4H3. The molecule has 3 nitrogen and oxygen atoms in total. The molecule has 0 bridgehead atoms. The third kappa shape index (κ3) is 2.93. The zero-order valence-corrected chi connectivity index (χ0v) is 15.2. The van der Waals surface area contributed by atoms with Crippen molar-refractivity contribution < 1.29 is 14.2 Å². The second kappa shape index (κ2) is 6.38. The lowest BCUT2D eigenvalue weighted by Gasteiger charge is -2.27. The summed E-state index contributed by atoms with van der Waals surface area (Å²) in [5.41, 5.74) is 1.89. The van der Waals surface area contributed by atoms with Crippen LogP contribution in [0, 0.1) is 10.5 Å². The van der Waals surface area contributed by atoms with E-state index in [9.17, 15) is 0 Å². The molecule has 1 heterocycles. The summed E-state index contributed by atoms with van der Waals surface area (Å²) in [5.74, 6) is 0.0249. The molecule has 0 amide bonds. The molecule has 0 N–H and O–H groups in total. The predicted molar refractivity (Wildman–Crippen MR) is 88.5 cm³/mol. The number of benzene rings is 1. The first kappa shape index (κ1) is 16.3. The van der Waals surface area contributed by atoms with Gasteiger partial charge in [-0.15, -0.1) is 0 Å². The van der Waals surface area contributed by atoms with Gasteiger partial charge in [-0.1, -0.05) is 18.5 Å². The largest absolute Gasteiger partial charge is 0.492 e. The minimum atomic E-state index is -0.789. The van der Waals surface area contributed by atoms with E-state index >= 15 is 0 Å². The predicted octanol–water partition coefficient (Wildman–Crippen LogP) is 4.65. The van der Waals surface area contributed by atoms with Crippen molar-refractivity contribution in [2.45, 2.75) is 46.0 Å². The molecule has 1 aliphatic rings. The van der Waals surface area contributed by atoms with Gasteiger partial charge in [-0.05, 0) is 61.4 Å². The van der Waals surface area contributed by atoms with Crippen LogP contribution in [-0.4, -0.2) is 19.3 Å². The lowest BCUT2D eigenvalue weighted by Crippen LogP contribution is -2.25. The van der Waals surface area contributed by atoms with Crippen molar-refractivity contribution in [3.05, 3.63) is 25.8 Å². The number of rotatable bonds is 4. The molecule has 0 spiro atoms. The van der Waals surface area contributed by atoms with Crippen LogP contribution in [-0.2, 0) is 15.3 Å². The molecular formula is C15H20ClIO3. The van der Waals surface area contributed by atoms with Crippen LogP contribution in [0.4, 0.5) is 0 Å². The van der Waals surface area contributed by atoms with Gasteiger partial charge < -0.3 is 14.2 Å². The van der Waals surface area contributed by atoms with Crippen molar-refractivity contribution in [1.82, 2.24) is 0 Å². The zero-order valence-electron chi connectivity index (χ0n) is 12.3. The van der Waals surface area contributed by atoms with Gasteiger partial charge >= 0.3 is 0 Å². The second-order valence-electron chi connectivity index (χ2n) is 5.01. The average Bonchev–Trinajstić information content (AvgIpc) is 2.82.